The van der Waals surface area contributed by atoms with E-state index < -0.39 is 0 Å². The van der Waals surface area contributed by atoms with Crippen LogP contribution in [0.1, 0.15) is 17.5 Å². The van der Waals surface area contributed by atoms with Gasteiger partial charge in [0.15, 0.2) is 5.13 Å². The van der Waals surface area contributed by atoms with Crippen LogP contribution in [0.5, 0.6) is 0 Å². The van der Waals surface area contributed by atoms with Gasteiger partial charge in [-0.25, -0.2) is 4.98 Å². The Morgan fingerprint density at radius 1 is 1.04 bits per heavy atom. The highest BCUT2D eigenvalue weighted by Crippen LogP contribution is 2.31. The number of halogens is 1. The van der Waals surface area contributed by atoms with Gasteiger partial charge in [-0.1, -0.05) is 47.2 Å². The van der Waals surface area contributed by atoms with E-state index in [1.54, 1.807) is 11.3 Å². The average molecular weight is 388 g/mol. The molecule has 136 valence electrons. The first-order chi connectivity index (χ1) is 12.7. The zero-order valence-corrected chi connectivity index (χ0v) is 16.1. The van der Waals surface area contributed by atoms with Crippen molar-refractivity contribution < 1.29 is 5.11 Å². The molecule has 4 nitrogen and oxygen atoms in total. The predicted octanol–water partition coefficient (Wildman–Crippen LogP) is 4.15. The monoisotopic (exact) mass is 387 g/mol. The highest BCUT2D eigenvalue weighted by molar-refractivity contribution is 7.22. The molecule has 2 aromatic carbocycles. The van der Waals surface area contributed by atoms with Gasteiger partial charge in [0.05, 0.1) is 16.8 Å². The topological polar surface area (TPSA) is 39.6 Å². The fourth-order valence-electron chi connectivity index (χ4n) is 3.43. The summed E-state index contributed by atoms with van der Waals surface area (Å²) in [5, 5.41) is 11.2. The summed E-state index contributed by atoms with van der Waals surface area (Å²) in [6.07, 6.45) is 1.12. The summed E-state index contributed by atoms with van der Waals surface area (Å²) >= 11 is 7.82. The van der Waals surface area contributed by atoms with E-state index in [1.807, 2.05) is 30.3 Å². The molecule has 1 aromatic heterocycles. The molecular formula is C20H22ClN3OS. The fraction of sp³-hybridized carbons (Fsp3) is 0.350. The number of aliphatic hydroxyl groups excluding tert-OH is 1. The predicted molar refractivity (Wildman–Crippen MR) is 109 cm³/mol. The summed E-state index contributed by atoms with van der Waals surface area (Å²) in [4.78, 5) is 9.67. The smallest absolute Gasteiger partial charge is 0.186 e. The Hall–Kier alpha value is -1.66. The van der Waals surface area contributed by atoms with Gasteiger partial charge >= 0.3 is 0 Å². The van der Waals surface area contributed by atoms with Crippen LogP contribution in [-0.2, 0) is 13.2 Å². The summed E-state index contributed by atoms with van der Waals surface area (Å²) in [5.74, 6) is 0. The molecule has 0 saturated carbocycles. The third-order valence-electron chi connectivity index (χ3n) is 4.78. The van der Waals surface area contributed by atoms with Crippen molar-refractivity contribution in [1.29, 1.82) is 0 Å². The lowest BCUT2D eigenvalue weighted by Gasteiger charge is -2.21. The van der Waals surface area contributed by atoms with Crippen molar-refractivity contribution >= 4 is 38.3 Å². The van der Waals surface area contributed by atoms with E-state index >= 15 is 0 Å². The summed E-state index contributed by atoms with van der Waals surface area (Å²) in [6.45, 7) is 5.13. The van der Waals surface area contributed by atoms with Crippen LogP contribution >= 0.6 is 22.9 Å². The first kappa shape index (κ1) is 17.7. The van der Waals surface area contributed by atoms with Crippen LogP contribution in [0.15, 0.2) is 42.5 Å². The normalized spacial score (nSPS) is 16.2. The van der Waals surface area contributed by atoms with Crippen LogP contribution in [0.2, 0.25) is 5.02 Å². The molecular weight excluding hydrogens is 366 g/mol. The summed E-state index contributed by atoms with van der Waals surface area (Å²) in [6, 6.07) is 14.1. The minimum absolute atomic E-state index is 0.100. The Balaban J connectivity index is 1.43. The third kappa shape index (κ3) is 4.01. The van der Waals surface area contributed by atoms with Crippen molar-refractivity contribution in [2.75, 3.05) is 31.1 Å². The van der Waals surface area contributed by atoms with Crippen molar-refractivity contribution in [1.82, 2.24) is 9.88 Å². The van der Waals surface area contributed by atoms with Gasteiger partial charge < -0.3 is 10.0 Å². The van der Waals surface area contributed by atoms with Crippen LogP contribution in [0.25, 0.3) is 10.2 Å². The minimum Gasteiger partial charge on any atom is -0.392 e. The number of nitrogens with zero attached hydrogens (tertiary/aromatic N) is 3. The van der Waals surface area contributed by atoms with E-state index in [-0.39, 0.29) is 6.61 Å². The van der Waals surface area contributed by atoms with Gasteiger partial charge in [0.1, 0.15) is 0 Å². The maximum Gasteiger partial charge on any atom is 0.186 e. The SMILES string of the molecule is OCc1cccc(CN2CCCN(c3nc4ccc(Cl)cc4s3)CC2)c1. The Morgan fingerprint density at radius 2 is 1.92 bits per heavy atom. The number of hydrogen-bond acceptors (Lipinski definition) is 5. The quantitative estimate of drug-likeness (QED) is 0.729. The zero-order valence-electron chi connectivity index (χ0n) is 14.6. The van der Waals surface area contributed by atoms with E-state index in [2.05, 4.69) is 21.9 Å². The molecule has 1 fully saturated rings. The van der Waals surface area contributed by atoms with Crippen LogP contribution < -0.4 is 4.90 Å². The molecule has 2 heterocycles. The largest absolute Gasteiger partial charge is 0.392 e. The fourth-order valence-corrected chi connectivity index (χ4v) is 4.72. The van der Waals surface area contributed by atoms with Crippen LogP contribution in [-0.4, -0.2) is 41.2 Å². The Labute approximate surface area is 162 Å². The van der Waals surface area contributed by atoms with Crippen molar-refractivity contribution in [3.63, 3.8) is 0 Å². The standard InChI is InChI=1S/C20H22ClN3OS/c21-17-5-6-18-19(12-17)26-20(22-18)24-8-2-7-23(9-10-24)13-15-3-1-4-16(11-15)14-25/h1,3-6,11-12,25H,2,7-10,13-14H2. The Bertz CT molecular complexity index is 898. The van der Waals surface area contributed by atoms with Gasteiger partial charge in [-0.3, -0.25) is 4.90 Å². The molecule has 0 radical (unpaired) electrons. The second-order valence-electron chi connectivity index (χ2n) is 6.70. The second-order valence-corrected chi connectivity index (χ2v) is 8.15. The van der Waals surface area contributed by atoms with Crippen LogP contribution in [0.4, 0.5) is 5.13 Å². The van der Waals surface area contributed by atoms with Gasteiger partial charge in [-0.2, -0.15) is 0 Å². The summed E-state index contributed by atoms with van der Waals surface area (Å²) in [5.41, 5.74) is 3.27. The van der Waals surface area contributed by atoms with Gasteiger partial charge in [0.2, 0.25) is 0 Å². The van der Waals surface area contributed by atoms with Crippen molar-refractivity contribution in [2.45, 2.75) is 19.6 Å². The van der Waals surface area contributed by atoms with Crippen molar-refractivity contribution in [3.8, 4) is 0 Å². The molecule has 1 aliphatic heterocycles. The first-order valence-corrected chi connectivity index (χ1v) is 10.1. The first-order valence-electron chi connectivity index (χ1n) is 8.93. The molecule has 0 aliphatic carbocycles. The molecule has 26 heavy (non-hydrogen) atoms. The van der Waals surface area contributed by atoms with Crippen molar-refractivity contribution in [2.24, 2.45) is 0 Å². The summed E-state index contributed by atoms with van der Waals surface area (Å²) in [7, 11) is 0. The van der Waals surface area contributed by atoms with Crippen molar-refractivity contribution in [3.05, 3.63) is 58.6 Å². The molecule has 0 spiro atoms. The van der Waals surface area contributed by atoms with E-state index in [0.29, 0.717) is 0 Å². The summed E-state index contributed by atoms with van der Waals surface area (Å²) < 4.78 is 1.15. The molecule has 0 amide bonds. The Morgan fingerprint density at radius 3 is 2.81 bits per heavy atom. The molecule has 4 rings (SSSR count). The molecule has 6 heteroatoms. The number of hydrogen-bond donors (Lipinski definition) is 1. The lowest BCUT2D eigenvalue weighted by atomic mass is 10.1. The molecule has 1 N–H and O–H groups in total. The molecule has 0 unspecified atom stereocenters. The molecule has 0 atom stereocenters. The molecule has 3 aromatic rings. The van der Waals surface area contributed by atoms with E-state index in [1.165, 1.54) is 5.56 Å². The maximum absolute atomic E-state index is 9.32. The number of aromatic nitrogens is 1. The molecule has 1 saturated heterocycles. The number of aliphatic hydroxyl groups is 1. The number of fused-ring (bicyclic) bond motifs is 1. The van der Waals surface area contributed by atoms with E-state index in [4.69, 9.17) is 16.6 Å². The van der Waals surface area contributed by atoms with Gasteiger partial charge in [-0.15, -0.1) is 0 Å². The second kappa shape index (κ2) is 7.92. The minimum atomic E-state index is 0.100. The molecule has 0 bridgehead atoms. The number of anilines is 1. The van der Waals surface area contributed by atoms with E-state index in [0.717, 1.165) is 65.1 Å². The lowest BCUT2D eigenvalue weighted by molar-refractivity contribution is 0.278. The highest BCUT2D eigenvalue weighted by Gasteiger charge is 2.18. The van der Waals surface area contributed by atoms with Crippen LogP contribution in [0.3, 0.4) is 0 Å². The lowest BCUT2D eigenvalue weighted by Crippen LogP contribution is -2.30. The number of benzene rings is 2. The highest BCUT2D eigenvalue weighted by atomic mass is 35.5. The number of thiazole rings is 1. The number of rotatable bonds is 4. The Kier molecular flexibility index (Phi) is 5.41. The zero-order chi connectivity index (χ0) is 17.9. The van der Waals surface area contributed by atoms with Gasteiger partial charge in [0.25, 0.3) is 0 Å². The molecule has 1 aliphatic rings. The maximum atomic E-state index is 9.32. The van der Waals surface area contributed by atoms with E-state index in [9.17, 15) is 5.11 Å². The van der Waals surface area contributed by atoms with Crippen LogP contribution in [0, 0.1) is 0 Å². The average Bonchev–Trinajstić information content (AvgIpc) is 2.93. The third-order valence-corrected chi connectivity index (χ3v) is 6.09. The van der Waals surface area contributed by atoms with Gasteiger partial charge in [0, 0.05) is 37.7 Å². The van der Waals surface area contributed by atoms with Gasteiger partial charge in [-0.05, 0) is 35.7 Å².